The minimum Gasteiger partial charge on any atom is -0.494 e. The fourth-order valence-corrected chi connectivity index (χ4v) is 5.15. The lowest BCUT2D eigenvalue weighted by Crippen LogP contribution is -2.52. The van der Waals surface area contributed by atoms with Gasteiger partial charge in [-0.05, 0) is 53.6 Å². The Morgan fingerprint density at radius 1 is 1.02 bits per heavy atom. The van der Waals surface area contributed by atoms with Gasteiger partial charge in [0.25, 0.3) is 5.91 Å². The van der Waals surface area contributed by atoms with Crippen molar-refractivity contribution in [3.8, 4) is 5.75 Å². The van der Waals surface area contributed by atoms with Crippen LogP contribution in [0.25, 0.3) is 6.08 Å². The van der Waals surface area contributed by atoms with Gasteiger partial charge in [0.2, 0.25) is 5.90 Å². The molecule has 0 saturated heterocycles. The fraction of sp³-hybridized carbons (Fsp3) is 0.200. The third-order valence-electron chi connectivity index (χ3n) is 7.24. The van der Waals surface area contributed by atoms with Crippen molar-refractivity contribution in [1.82, 2.24) is 10.9 Å². The maximum atomic E-state index is 14.3. The number of hydrogen-bond donors (Lipinski definition) is 3. The molecule has 4 aromatic carbocycles. The molecule has 4 aromatic rings. The molecule has 0 spiro atoms. The van der Waals surface area contributed by atoms with Gasteiger partial charge in [-0.25, -0.2) is 19.2 Å². The Morgan fingerprint density at radius 3 is 2.49 bits per heavy atom. The first-order valence-electron chi connectivity index (χ1n) is 14.4. The van der Waals surface area contributed by atoms with Crippen molar-refractivity contribution in [3.63, 3.8) is 0 Å². The summed E-state index contributed by atoms with van der Waals surface area (Å²) in [5.74, 6) is -0.996. The van der Waals surface area contributed by atoms with Gasteiger partial charge in [-0.1, -0.05) is 76.6 Å². The van der Waals surface area contributed by atoms with Crippen LogP contribution < -0.4 is 15.6 Å². The molecule has 0 aliphatic carbocycles. The number of aliphatic hydroxyl groups is 1. The van der Waals surface area contributed by atoms with Crippen molar-refractivity contribution < 1.29 is 28.2 Å². The number of aliphatic imine (C=N–C) groups is 1. The number of aliphatic hydroxyl groups excluding tert-OH is 1. The van der Waals surface area contributed by atoms with Crippen LogP contribution in [0.1, 0.15) is 41.2 Å². The number of halogens is 3. The van der Waals surface area contributed by atoms with Crippen molar-refractivity contribution in [2.24, 2.45) is 4.99 Å². The third kappa shape index (κ3) is 8.02. The van der Waals surface area contributed by atoms with Crippen LogP contribution in [0.5, 0.6) is 5.75 Å². The predicted octanol–water partition coefficient (Wildman–Crippen LogP) is 6.67. The number of rotatable bonds is 13. The number of carbonyl (C=O) groups excluding carboxylic acids is 1. The molecule has 1 aliphatic heterocycles. The molecule has 0 fully saturated rings. The summed E-state index contributed by atoms with van der Waals surface area (Å²) >= 11 is 3.47. The van der Waals surface area contributed by atoms with E-state index in [0.717, 1.165) is 27.7 Å². The summed E-state index contributed by atoms with van der Waals surface area (Å²) in [4.78, 5) is 19.1. The number of benzene rings is 4. The molecule has 1 heterocycles. The zero-order chi connectivity index (χ0) is 31.6. The van der Waals surface area contributed by atoms with E-state index in [4.69, 9.17) is 19.6 Å². The summed E-state index contributed by atoms with van der Waals surface area (Å²) in [6.07, 6.45) is 3.68. The Bertz CT molecular complexity index is 1650. The van der Waals surface area contributed by atoms with Crippen LogP contribution >= 0.6 is 15.9 Å². The highest BCUT2D eigenvalue weighted by molar-refractivity contribution is 9.10. The lowest BCUT2D eigenvalue weighted by atomic mass is 9.84. The number of nitrogens with one attached hydrogen (secondary N) is 2. The largest absolute Gasteiger partial charge is 0.494 e. The standard InChI is InChI=1S/C35H32BrF2N3O4/c36-28-14-9-25(10-15-28)32-35(19-4-8-24-6-2-1-3-7-24,34(43)41-39-23-27-11-16-29(37)22-31(27)38)40-33(45-32)26-12-17-30(18-13-26)44-21-5-20-42/h1-4,6-18,22,32,39,42H,5,19-21,23H2,(H,41,43)/b8-4+/t32-,35-/m0/s1. The molecular weight excluding hydrogens is 644 g/mol. The maximum absolute atomic E-state index is 14.3. The predicted molar refractivity (Wildman–Crippen MR) is 172 cm³/mol. The van der Waals surface area contributed by atoms with Gasteiger partial charge < -0.3 is 14.6 Å². The molecule has 3 N–H and O–H groups in total. The number of hydrazine groups is 1. The summed E-state index contributed by atoms with van der Waals surface area (Å²) in [6.45, 7) is 0.341. The van der Waals surface area contributed by atoms with Crippen LogP contribution in [0, 0.1) is 11.6 Å². The smallest absolute Gasteiger partial charge is 0.266 e. The summed E-state index contributed by atoms with van der Waals surface area (Å²) in [6, 6.07) is 27.6. The summed E-state index contributed by atoms with van der Waals surface area (Å²) < 4.78 is 40.7. The molecule has 0 radical (unpaired) electrons. The minimum absolute atomic E-state index is 0.0384. The topological polar surface area (TPSA) is 92.2 Å². The lowest BCUT2D eigenvalue weighted by molar-refractivity contribution is -0.129. The molecule has 1 aliphatic rings. The van der Waals surface area contributed by atoms with Crippen LogP contribution in [0.3, 0.4) is 0 Å². The third-order valence-corrected chi connectivity index (χ3v) is 7.77. The Balaban J connectivity index is 1.48. The number of amides is 1. The molecule has 1 amide bonds. The molecule has 0 aromatic heterocycles. The lowest BCUT2D eigenvalue weighted by Gasteiger charge is -2.30. The molecule has 5 rings (SSSR count). The summed E-state index contributed by atoms with van der Waals surface area (Å²) in [5.41, 5.74) is 6.55. The van der Waals surface area contributed by atoms with Crippen LogP contribution in [0.2, 0.25) is 0 Å². The second-order valence-corrected chi connectivity index (χ2v) is 11.3. The molecule has 10 heteroatoms. The SMILES string of the molecule is O=C(NNCc1ccc(F)cc1F)[C@@]1(C/C=C/c2ccccc2)N=C(c2ccc(OCCCO)cc2)O[C@H]1c1ccc(Br)cc1. The molecule has 2 atom stereocenters. The number of ether oxygens (including phenoxy) is 2. The Labute approximate surface area is 268 Å². The van der Waals surface area contributed by atoms with E-state index in [1.54, 1.807) is 24.3 Å². The monoisotopic (exact) mass is 675 g/mol. The molecule has 0 bridgehead atoms. The minimum atomic E-state index is -1.46. The Morgan fingerprint density at radius 2 is 1.78 bits per heavy atom. The van der Waals surface area contributed by atoms with Crippen LogP contribution in [-0.4, -0.2) is 35.7 Å². The quantitative estimate of drug-likeness (QED) is 0.109. The fourth-order valence-electron chi connectivity index (χ4n) is 4.88. The van der Waals surface area contributed by atoms with E-state index in [-0.39, 0.29) is 31.0 Å². The first kappa shape index (κ1) is 32.0. The van der Waals surface area contributed by atoms with Crippen molar-refractivity contribution in [2.75, 3.05) is 13.2 Å². The maximum Gasteiger partial charge on any atom is 0.266 e. The van der Waals surface area contributed by atoms with E-state index in [1.807, 2.05) is 66.7 Å². The highest BCUT2D eigenvalue weighted by Crippen LogP contribution is 2.43. The Kier molecular flexibility index (Phi) is 10.7. The van der Waals surface area contributed by atoms with Crippen molar-refractivity contribution in [2.45, 2.75) is 31.0 Å². The highest BCUT2D eigenvalue weighted by Gasteiger charge is 2.52. The molecule has 45 heavy (non-hydrogen) atoms. The van der Waals surface area contributed by atoms with Crippen molar-refractivity contribution >= 4 is 33.8 Å². The Hall–Kier alpha value is -4.38. The average Bonchev–Trinajstić information content (AvgIpc) is 3.44. The van der Waals surface area contributed by atoms with Gasteiger partial charge in [0.1, 0.15) is 17.4 Å². The first-order valence-corrected chi connectivity index (χ1v) is 15.2. The van der Waals surface area contributed by atoms with Crippen LogP contribution in [0.4, 0.5) is 8.78 Å². The van der Waals surface area contributed by atoms with Gasteiger partial charge in [-0.15, -0.1) is 0 Å². The average molecular weight is 677 g/mol. The number of hydrogen-bond acceptors (Lipinski definition) is 6. The normalized spacial score (nSPS) is 17.6. The summed E-state index contributed by atoms with van der Waals surface area (Å²) in [5, 5.41) is 9.03. The van der Waals surface area contributed by atoms with Gasteiger partial charge in [0.15, 0.2) is 11.6 Å². The molecule has 232 valence electrons. The molecule has 7 nitrogen and oxygen atoms in total. The van der Waals surface area contributed by atoms with E-state index < -0.39 is 29.2 Å². The van der Waals surface area contributed by atoms with Gasteiger partial charge in [0.05, 0.1) is 6.61 Å². The number of nitrogens with zero attached hydrogens (tertiary/aromatic N) is 1. The van der Waals surface area contributed by atoms with E-state index in [1.165, 1.54) is 6.07 Å². The van der Waals surface area contributed by atoms with Crippen LogP contribution in [0.15, 0.2) is 113 Å². The molecule has 0 unspecified atom stereocenters. The zero-order valence-corrected chi connectivity index (χ0v) is 25.8. The van der Waals surface area contributed by atoms with Crippen molar-refractivity contribution in [1.29, 1.82) is 0 Å². The van der Waals surface area contributed by atoms with E-state index >= 15 is 0 Å². The van der Waals surface area contributed by atoms with Crippen LogP contribution in [-0.2, 0) is 16.1 Å². The van der Waals surface area contributed by atoms with Gasteiger partial charge in [-0.3, -0.25) is 10.2 Å². The van der Waals surface area contributed by atoms with Gasteiger partial charge in [0, 0.05) is 47.7 Å². The van der Waals surface area contributed by atoms with E-state index in [2.05, 4.69) is 26.8 Å². The second kappa shape index (κ2) is 15.1. The first-order chi connectivity index (χ1) is 21.9. The van der Waals surface area contributed by atoms with Crippen molar-refractivity contribution in [3.05, 3.63) is 141 Å². The number of carbonyl (C=O) groups is 1. The van der Waals surface area contributed by atoms with Gasteiger partial charge >= 0.3 is 0 Å². The molecule has 0 saturated carbocycles. The summed E-state index contributed by atoms with van der Waals surface area (Å²) in [7, 11) is 0. The molecular formula is C35H32BrF2N3O4. The zero-order valence-electron chi connectivity index (χ0n) is 24.3. The second-order valence-electron chi connectivity index (χ2n) is 10.4. The van der Waals surface area contributed by atoms with E-state index in [0.29, 0.717) is 24.3 Å². The van der Waals surface area contributed by atoms with Gasteiger partial charge in [-0.2, -0.15) is 0 Å². The van der Waals surface area contributed by atoms with E-state index in [9.17, 15) is 13.6 Å². The highest BCUT2D eigenvalue weighted by atomic mass is 79.9.